The standard InChI is InChI=1S/C14H27N3O4/c1-4-5-8-15-14(21)16-12(18)10-17(11(2)3)9-6-7-13(19)20/h11H,4-10H2,1-3H3,(H,19,20)(H2,15,16,18,21). The molecule has 0 aromatic heterocycles. The summed E-state index contributed by atoms with van der Waals surface area (Å²) in [5, 5.41) is 13.5. The van der Waals surface area contributed by atoms with Gasteiger partial charge in [-0.1, -0.05) is 13.3 Å². The summed E-state index contributed by atoms with van der Waals surface area (Å²) in [4.78, 5) is 35.5. The summed E-state index contributed by atoms with van der Waals surface area (Å²) in [7, 11) is 0. The molecule has 0 radical (unpaired) electrons. The Labute approximate surface area is 126 Å². The molecule has 0 aliphatic carbocycles. The van der Waals surface area contributed by atoms with Gasteiger partial charge in [-0.2, -0.15) is 0 Å². The van der Waals surface area contributed by atoms with Crippen LogP contribution in [-0.2, 0) is 9.59 Å². The summed E-state index contributed by atoms with van der Waals surface area (Å²) in [6.45, 7) is 7.00. The lowest BCUT2D eigenvalue weighted by Gasteiger charge is -2.25. The lowest BCUT2D eigenvalue weighted by atomic mass is 10.2. The van der Waals surface area contributed by atoms with E-state index >= 15 is 0 Å². The van der Waals surface area contributed by atoms with E-state index in [2.05, 4.69) is 10.6 Å². The number of amides is 3. The second-order valence-corrected chi connectivity index (χ2v) is 5.22. The van der Waals surface area contributed by atoms with E-state index in [4.69, 9.17) is 5.11 Å². The van der Waals surface area contributed by atoms with Gasteiger partial charge in [-0.05, 0) is 33.2 Å². The van der Waals surface area contributed by atoms with Crippen molar-refractivity contribution in [3.8, 4) is 0 Å². The van der Waals surface area contributed by atoms with Crippen LogP contribution >= 0.6 is 0 Å². The molecule has 122 valence electrons. The molecule has 0 atom stereocenters. The van der Waals surface area contributed by atoms with Crippen molar-refractivity contribution in [2.45, 2.75) is 52.5 Å². The van der Waals surface area contributed by atoms with E-state index in [9.17, 15) is 14.4 Å². The van der Waals surface area contributed by atoms with Crippen LogP contribution in [-0.4, -0.2) is 53.6 Å². The number of carboxylic acids is 1. The van der Waals surface area contributed by atoms with Crippen molar-refractivity contribution in [3.05, 3.63) is 0 Å². The van der Waals surface area contributed by atoms with Crippen molar-refractivity contribution in [2.75, 3.05) is 19.6 Å². The highest BCUT2D eigenvalue weighted by atomic mass is 16.4. The first-order chi connectivity index (χ1) is 9.86. The third-order valence-corrected chi connectivity index (χ3v) is 2.98. The second kappa shape index (κ2) is 11.1. The van der Waals surface area contributed by atoms with E-state index in [1.807, 2.05) is 25.7 Å². The smallest absolute Gasteiger partial charge is 0.321 e. The molecule has 0 aliphatic heterocycles. The molecule has 0 aliphatic rings. The van der Waals surface area contributed by atoms with E-state index in [1.54, 1.807) is 0 Å². The predicted octanol–water partition coefficient (Wildman–Crippen LogP) is 1.19. The van der Waals surface area contributed by atoms with Crippen molar-refractivity contribution < 1.29 is 19.5 Å². The van der Waals surface area contributed by atoms with Gasteiger partial charge in [0, 0.05) is 19.0 Å². The average molecular weight is 301 g/mol. The lowest BCUT2D eigenvalue weighted by molar-refractivity contribution is -0.137. The minimum Gasteiger partial charge on any atom is -0.481 e. The van der Waals surface area contributed by atoms with Gasteiger partial charge in [-0.25, -0.2) is 4.79 Å². The fraction of sp³-hybridized carbons (Fsp3) is 0.786. The van der Waals surface area contributed by atoms with Gasteiger partial charge in [0.1, 0.15) is 0 Å². The SMILES string of the molecule is CCCCNC(=O)NC(=O)CN(CCCC(=O)O)C(C)C. The van der Waals surface area contributed by atoms with Gasteiger partial charge < -0.3 is 10.4 Å². The summed E-state index contributed by atoms with van der Waals surface area (Å²) in [5.41, 5.74) is 0. The van der Waals surface area contributed by atoms with E-state index in [-0.39, 0.29) is 24.9 Å². The van der Waals surface area contributed by atoms with E-state index in [0.717, 1.165) is 12.8 Å². The topological polar surface area (TPSA) is 98.7 Å². The van der Waals surface area contributed by atoms with Crippen LogP contribution < -0.4 is 10.6 Å². The Hall–Kier alpha value is -1.63. The number of hydrogen-bond donors (Lipinski definition) is 3. The van der Waals surface area contributed by atoms with Crippen LogP contribution in [0.15, 0.2) is 0 Å². The molecule has 0 spiro atoms. The average Bonchev–Trinajstić information content (AvgIpc) is 2.37. The zero-order chi connectivity index (χ0) is 16.3. The third kappa shape index (κ3) is 10.8. The minimum atomic E-state index is -0.849. The molecular formula is C14H27N3O4. The fourth-order valence-electron chi connectivity index (χ4n) is 1.73. The molecule has 0 rings (SSSR count). The largest absolute Gasteiger partial charge is 0.481 e. The molecule has 0 heterocycles. The Kier molecular flexibility index (Phi) is 10.2. The first-order valence-corrected chi connectivity index (χ1v) is 7.40. The van der Waals surface area contributed by atoms with Crippen LogP contribution in [0.2, 0.25) is 0 Å². The summed E-state index contributed by atoms with van der Waals surface area (Å²) in [6.07, 6.45) is 2.39. The van der Waals surface area contributed by atoms with Crippen molar-refractivity contribution in [3.63, 3.8) is 0 Å². The highest BCUT2D eigenvalue weighted by molar-refractivity contribution is 5.95. The molecule has 0 aromatic rings. The number of urea groups is 1. The van der Waals surface area contributed by atoms with Gasteiger partial charge in [-0.3, -0.25) is 19.8 Å². The minimum absolute atomic E-state index is 0.0718. The van der Waals surface area contributed by atoms with Crippen LogP contribution in [0.25, 0.3) is 0 Å². The molecule has 7 heteroatoms. The van der Waals surface area contributed by atoms with Gasteiger partial charge in [0.2, 0.25) is 5.91 Å². The molecular weight excluding hydrogens is 274 g/mol. The molecule has 0 saturated carbocycles. The van der Waals surface area contributed by atoms with E-state index in [1.165, 1.54) is 0 Å². The molecule has 0 aromatic carbocycles. The number of rotatable bonds is 10. The van der Waals surface area contributed by atoms with Crippen LogP contribution in [0.4, 0.5) is 4.79 Å². The van der Waals surface area contributed by atoms with Crippen molar-refractivity contribution >= 4 is 17.9 Å². The number of aliphatic carboxylic acids is 1. The molecule has 0 bridgehead atoms. The molecule has 0 unspecified atom stereocenters. The van der Waals surface area contributed by atoms with Crippen LogP contribution in [0.1, 0.15) is 46.5 Å². The number of unbranched alkanes of at least 4 members (excludes halogenated alkanes) is 1. The molecule has 0 saturated heterocycles. The predicted molar refractivity (Wildman–Crippen MR) is 80.0 cm³/mol. The van der Waals surface area contributed by atoms with Gasteiger partial charge in [0.15, 0.2) is 0 Å². The van der Waals surface area contributed by atoms with Crippen LogP contribution in [0, 0.1) is 0 Å². The van der Waals surface area contributed by atoms with Crippen molar-refractivity contribution in [1.29, 1.82) is 0 Å². The number of hydrogen-bond acceptors (Lipinski definition) is 4. The Morgan fingerprint density at radius 2 is 1.86 bits per heavy atom. The highest BCUT2D eigenvalue weighted by Crippen LogP contribution is 2.01. The maximum Gasteiger partial charge on any atom is 0.321 e. The first kappa shape index (κ1) is 19.4. The quantitative estimate of drug-likeness (QED) is 0.526. The summed E-state index contributed by atoms with van der Waals surface area (Å²) < 4.78 is 0. The number of carboxylic acid groups (broad SMARTS) is 1. The molecule has 3 N–H and O–H groups in total. The number of imide groups is 1. The Bertz CT molecular complexity index is 345. The highest BCUT2D eigenvalue weighted by Gasteiger charge is 2.15. The molecule has 21 heavy (non-hydrogen) atoms. The number of carbonyl (C=O) groups is 3. The monoisotopic (exact) mass is 301 g/mol. The molecule has 7 nitrogen and oxygen atoms in total. The maximum atomic E-state index is 11.8. The Morgan fingerprint density at radius 1 is 1.19 bits per heavy atom. The van der Waals surface area contributed by atoms with Gasteiger partial charge in [-0.15, -0.1) is 0 Å². The number of nitrogens with zero attached hydrogens (tertiary/aromatic N) is 1. The Balaban J connectivity index is 4.10. The second-order valence-electron chi connectivity index (χ2n) is 5.22. The normalized spacial score (nSPS) is 10.7. The summed E-state index contributed by atoms with van der Waals surface area (Å²) in [6, 6.07) is -0.379. The zero-order valence-corrected chi connectivity index (χ0v) is 13.1. The number of carbonyl (C=O) groups excluding carboxylic acids is 2. The zero-order valence-electron chi connectivity index (χ0n) is 13.1. The summed E-state index contributed by atoms with van der Waals surface area (Å²) in [5.74, 6) is -1.23. The molecule has 0 fully saturated rings. The van der Waals surface area contributed by atoms with Crippen molar-refractivity contribution in [1.82, 2.24) is 15.5 Å². The van der Waals surface area contributed by atoms with Crippen LogP contribution in [0.5, 0.6) is 0 Å². The van der Waals surface area contributed by atoms with Gasteiger partial charge in [0.05, 0.1) is 6.54 Å². The molecule has 3 amide bonds. The van der Waals surface area contributed by atoms with Gasteiger partial charge >= 0.3 is 12.0 Å². The van der Waals surface area contributed by atoms with Crippen molar-refractivity contribution in [2.24, 2.45) is 0 Å². The summed E-state index contributed by atoms with van der Waals surface area (Å²) >= 11 is 0. The van der Waals surface area contributed by atoms with E-state index < -0.39 is 12.0 Å². The van der Waals surface area contributed by atoms with Crippen LogP contribution in [0.3, 0.4) is 0 Å². The lowest BCUT2D eigenvalue weighted by Crippen LogP contribution is -2.46. The fourth-order valence-corrected chi connectivity index (χ4v) is 1.73. The van der Waals surface area contributed by atoms with Gasteiger partial charge in [0.25, 0.3) is 0 Å². The van der Waals surface area contributed by atoms with E-state index in [0.29, 0.717) is 19.5 Å². The maximum absolute atomic E-state index is 11.8. The number of nitrogens with one attached hydrogen (secondary N) is 2. The first-order valence-electron chi connectivity index (χ1n) is 7.40. The Morgan fingerprint density at radius 3 is 2.38 bits per heavy atom. The third-order valence-electron chi connectivity index (χ3n) is 2.98.